The number of pyridine rings is 1. The zero-order valence-corrected chi connectivity index (χ0v) is 22.4. The second-order valence-corrected chi connectivity index (χ2v) is 10.7. The van der Waals surface area contributed by atoms with E-state index < -0.39 is 6.09 Å². The van der Waals surface area contributed by atoms with Crippen molar-refractivity contribution >= 4 is 29.0 Å². The van der Waals surface area contributed by atoms with Gasteiger partial charge in [0.15, 0.2) is 0 Å². The van der Waals surface area contributed by atoms with Gasteiger partial charge >= 0.3 is 6.09 Å². The zero-order valence-electron chi connectivity index (χ0n) is 21.6. The van der Waals surface area contributed by atoms with E-state index in [0.717, 1.165) is 54.9 Å². The van der Waals surface area contributed by atoms with Gasteiger partial charge in [0.05, 0.1) is 24.9 Å². The van der Waals surface area contributed by atoms with Crippen LogP contribution < -0.4 is 14.4 Å². The summed E-state index contributed by atoms with van der Waals surface area (Å²) in [6.45, 7) is 8.30. The lowest BCUT2D eigenvalue weighted by Gasteiger charge is -2.37. The first-order chi connectivity index (χ1) is 17.1. The smallest absolute Gasteiger partial charge is 0.407 e. The summed E-state index contributed by atoms with van der Waals surface area (Å²) in [5.74, 6) is 1.73. The van der Waals surface area contributed by atoms with Crippen LogP contribution in [0.1, 0.15) is 40.0 Å². The van der Waals surface area contributed by atoms with E-state index in [4.69, 9.17) is 26.1 Å². The highest BCUT2D eigenvalue weighted by molar-refractivity contribution is 6.32. The van der Waals surface area contributed by atoms with Crippen molar-refractivity contribution in [3.05, 3.63) is 41.7 Å². The number of nitrogens with zero attached hydrogens (tertiary/aromatic N) is 4. The van der Waals surface area contributed by atoms with Crippen molar-refractivity contribution < 1.29 is 19.4 Å². The van der Waals surface area contributed by atoms with Crippen LogP contribution in [-0.4, -0.2) is 64.9 Å². The summed E-state index contributed by atoms with van der Waals surface area (Å²) in [5, 5.41) is 10.0. The molecule has 0 saturated carbocycles. The van der Waals surface area contributed by atoms with E-state index in [1.807, 2.05) is 43.6 Å². The minimum absolute atomic E-state index is 0.383. The van der Waals surface area contributed by atoms with Gasteiger partial charge in [-0.15, -0.1) is 0 Å². The number of halogens is 1. The molecule has 1 amide bonds. The first-order valence-electron chi connectivity index (χ1n) is 12.3. The second kappa shape index (κ2) is 10.5. The van der Waals surface area contributed by atoms with Gasteiger partial charge in [-0.05, 0) is 58.1 Å². The Morgan fingerprint density at radius 1 is 1.17 bits per heavy atom. The fourth-order valence-electron chi connectivity index (χ4n) is 4.87. The molecule has 1 aliphatic heterocycles. The second-order valence-electron chi connectivity index (χ2n) is 10.3. The fraction of sp³-hybridized carbons (Fsp3) is 0.481. The number of ether oxygens (including phenoxy) is 2. The number of rotatable bonds is 7. The molecule has 9 heteroatoms. The third-order valence-corrected chi connectivity index (χ3v) is 7.27. The van der Waals surface area contributed by atoms with Crippen LogP contribution in [0.4, 0.5) is 10.5 Å². The summed E-state index contributed by atoms with van der Waals surface area (Å²) >= 11 is 6.37. The van der Waals surface area contributed by atoms with E-state index in [-0.39, 0.29) is 5.54 Å². The fourth-order valence-corrected chi connectivity index (χ4v) is 5.11. The summed E-state index contributed by atoms with van der Waals surface area (Å²) in [6.07, 6.45) is 6.14. The van der Waals surface area contributed by atoms with Gasteiger partial charge in [0, 0.05) is 61.0 Å². The molecule has 3 aromatic rings. The summed E-state index contributed by atoms with van der Waals surface area (Å²) in [6, 6.07) is 7.81. The lowest BCUT2D eigenvalue weighted by atomic mass is 9.92. The topological polar surface area (TPSA) is 79.5 Å². The molecule has 1 N–H and O–H groups in total. The molecule has 8 nitrogen and oxygen atoms in total. The van der Waals surface area contributed by atoms with Crippen molar-refractivity contribution in [3.63, 3.8) is 0 Å². The van der Waals surface area contributed by atoms with Crippen LogP contribution in [0.2, 0.25) is 5.02 Å². The number of hydrogen-bond donors (Lipinski definition) is 1. The Morgan fingerprint density at radius 3 is 2.47 bits per heavy atom. The molecular weight excluding hydrogens is 480 g/mol. The Bertz CT molecular complexity index is 1230. The molecule has 0 radical (unpaired) electrons. The van der Waals surface area contributed by atoms with Crippen LogP contribution in [0.15, 0.2) is 36.7 Å². The number of imidazole rings is 1. The number of hydrogen-bond acceptors (Lipinski definition) is 5. The Kier molecular flexibility index (Phi) is 7.54. The van der Waals surface area contributed by atoms with E-state index in [1.54, 1.807) is 25.2 Å². The number of aromatic nitrogens is 2. The van der Waals surface area contributed by atoms with Gasteiger partial charge in [-0.3, -0.25) is 0 Å². The number of carboxylic acid groups (broad SMARTS) is 1. The third-order valence-electron chi connectivity index (χ3n) is 6.97. The average Bonchev–Trinajstić information content (AvgIpc) is 3.26. The maximum atomic E-state index is 11.6. The number of anilines is 1. The molecule has 1 fully saturated rings. The lowest BCUT2D eigenvalue weighted by molar-refractivity contribution is 0.0949. The minimum atomic E-state index is -0.846. The molecule has 4 rings (SSSR count). The standard InChI is InChI=1S/C27H35ClN4O4/c1-27(2,3)32(26(33)34)13-8-18-6-10-30(11-7-18)19-9-12-31-17-22(29-25(31)14-19)20-15-21(28)24(36-5)16-23(20)35-4/h9,12,14-18H,6-8,10-11,13H2,1-5H3,(H,33,34). The molecule has 1 saturated heterocycles. The van der Waals surface area contributed by atoms with Crippen LogP contribution in [0.25, 0.3) is 16.9 Å². The number of benzene rings is 1. The summed E-state index contributed by atoms with van der Waals surface area (Å²) in [5.41, 5.74) is 3.18. The van der Waals surface area contributed by atoms with E-state index in [9.17, 15) is 9.90 Å². The van der Waals surface area contributed by atoms with Crippen molar-refractivity contribution in [2.75, 3.05) is 38.8 Å². The molecule has 0 aliphatic carbocycles. The van der Waals surface area contributed by atoms with Gasteiger partial charge in [-0.1, -0.05) is 11.6 Å². The van der Waals surface area contributed by atoms with Gasteiger partial charge < -0.3 is 28.8 Å². The summed E-state index contributed by atoms with van der Waals surface area (Å²) < 4.78 is 12.9. The van der Waals surface area contributed by atoms with Crippen molar-refractivity contribution in [2.45, 2.75) is 45.6 Å². The normalized spacial score (nSPS) is 14.8. The highest BCUT2D eigenvalue weighted by Crippen LogP contribution is 2.38. The molecule has 0 bridgehead atoms. The summed E-state index contributed by atoms with van der Waals surface area (Å²) in [7, 11) is 3.19. The molecule has 0 unspecified atom stereocenters. The van der Waals surface area contributed by atoms with Gasteiger partial charge in [0.2, 0.25) is 0 Å². The van der Waals surface area contributed by atoms with Crippen molar-refractivity contribution in [3.8, 4) is 22.8 Å². The van der Waals surface area contributed by atoms with Crippen LogP contribution >= 0.6 is 11.6 Å². The van der Waals surface area contributed by atoms with Gasteiger partial charge in [-0.25, -0.2) is 9.78 Å². The first kappa shape index (κ1) is 25.9. The van der Waals surface area contributed by atoms with E-state index in [0.29, 0.717) is 29.0 Å². The van der Waals surface area contributed by atoms with Gasteiger partial charge in [0.25, 0.3) is 0 Å². The van der Waals surface area contributed by atoms with Crippen molar-refractivity contribution in [2.24, 2.45) is 5.92 Å². The van der Waals surface area contributed by atoms with Crippen LogP contribution in [-0.2, 0) is 0 Å². The quantitative estimate of drug-likeness (QED) is 0.413. The van der Waals surface area contributed by atoms with Gasteiger partial charge in [-0.2, -0.15) is 0 Å². The van der Waals surface area contributed by atoms with Crippen molar-refractivity contribution in [1.82, 2.24) is 14.3 Å². The molecular formula is C27H35ClN4O4. The third kappa shape index (κ3) is 5.48. The minimum Gasteiger partial charge on any atom is -0.496 e. The Morgan fingerprint density at radius 2 is 1.86 bits per heavy atom. The number of fused-ring (bicyclic) bond motifs is 1. The van der Waals surface area contributed by atoms with E-state index >= 15 is 0 Å². The van der Waals surface area contributed by atoms with Crippen LogP contribution in [0.5, 0.6) is 11.5 Å². The molecule has 1 aromatic carbocycles. The molecule has 3 heterocycles. The van der Waals surface area contributed by atoms with E-state index in [2.05, 4.69) is 17.0 Å². The Balaban J connectivity index is 1.45. The average molecular weight is 515 g/mol. The largest absolute Gasteiger partial charge is 0.496 e. The predicted octanol–water partition coefficient (Wildman–Crippen LogP) is 6.06. The highest BCUT2D eigenvalue weighted by Gasteiger charge is 2.28. The molecule has 194 valence electrons. The van der Waals surface area contributed by atoms with Gasteiger partial charge in [0.1, 0.15) is 17.1 Å². The summed E-state index contributed by atoms with van der Waals surface area (Å²) in [4.78, 5) is 20.4. The van der Waals surface area contributed by atoms with E-state index in [1.165, 1.54) is 0 Å². The number of carbonyl (C=O) groups is 1. The Labute approximate surface area is 217 Å². The first-order valence-corrected chi connectivity index (χ1v) is 12.6. The number of methoxy groups -OCH3 is 2. The van der Waals surface area contributed by atoms with Crippen LogP contribution in [0.3, 0.4) is 0 Å². The monoisotopic (exact) mass is 514 g/mol. The molecule has 2 aromatic heterocycles. The lowest BCUT2D eigenvalue weighted by Crippen LogP contribution is -2.46. The SMILES string of the molecule is COc1cc(OC)c(-c2cn3ccc(N4CCC(CCN(C(=O)O)C(C)(C)C)CC4)cc3n2)cc1Cl. The maximum Gasteiger partial charge on any atom is 0.407 e. The predicted molar refractivity (Wildman–Crippen MR) is 143 cm³/mol. The highest BCUT2D eigenvalue weighted by atomic mass is 35.5. The zero-order chi connectivity index (χ0) is 26.0. The molecule has 0 spiro atoms. The molecule has 0 atom stereocenters. The van der Waals surface area contributed by atoms with Crippen molar-refractivity contribution in [1.29, 1.82) is 0 Å². The number of piperidine rings is 1. The maximum absolute atomic E-state index is 11.6. The molecule has 36 heavy (non-hydrogen) atoms. The Hall–Kier alpha value is -3.13. The molecule has 1 aliphatic rings. The number of amides is 1. The van der Waals surface area contributed by atoms with Crippen LogP contribution in [0, 0.1) is 5.92 Å².